The quantitative estimate of drug-likeness (QED) is 0.482. The van der Waals surface area contributed by atoms with Crippen molar-refractivity contribution in [2.24, 2.45) is 11.3 Å². The van der Waals surface area contributed by atoms with Crippen LogP contribution in [0.15, 0.2) is 23.7 Å². The highest BCUT2D eigenvalue weighted by Crippen LogP contribution is 2.40. The molecule has 2 aromatic rings. The van der Waals surface area contributed by atoms with Crippen molar-refractivity contribution in [2.75, 3.05) is 13.1 Å². The van der Waals surface area contributed by atoms with E-state index in [9.17, 15) is 23.9 Å². The number of benzene rings is 1. The molecule has 2 aliphatic rings. The van der Waals surface area contributed by atoms with Gasteiger partial charge in [-0.05, 0) is 49.7 Å². The molecule has 200 valence electrons. The van der Waals surface area contributed by atoms with E-state index in [1.807, 2.05) is 33.8 Å². The summed E-state index contributed by atoms with van der Waals surface area (Å²) in [6, 6.07) is 4.69. The number of thiazole rings is 1. The maximum atomic E-state index is 14.1. The molecule has 0 bridgehead atoms. The molecule has 2 fully saturated rings. The van der Waals surface area contributed by atoms with E-state index in [1.54, 1.807) is 22.5 Å². The Morgan fingerprint density at radius 1 is 1.27 bits per heavy atom. The lowest BCUT2D eigenvalue weighted by atomic mass is 9.79. The molecule has 8 nitrogen and oxygen atoms in total. The van der Waals surface area contributed by atoms with Gasteiger partial charge < -0.3 is 20.6 Å². The third-order valence-corrected chi connectivity index (χ3v) is 8.27. The third kappa shape index (κ3) is 5.95. The largest absolute Gasteiger partial charge is 0.508 e. The van der Waals surface area contributed by atoms with Crippen LogP contribution in [0.3, 0.4) is 0 Å². The third-order valence-electron chi connectivity index (χ3n) is 7.29. The summed E-state index contributed by atoms with van der Waals surface area (Å²) in [5, 5.41) is 16.0. The van der Waals surface area contributed by atoms with Crippen LogP contribution >= 0.6 is 11.3 Å². The van der Waals surface area contributed by atoms with E-state index in [0.717, 1.165) is 16.1 Å². The zero-order valence-corrected chi connectivity index (χ0v) is 22.6. The second kappa shape index (κ2) is 10.4. The Morgan fingerprint density at radius 2 is 2.00 bits per heavy atom. The number of hydrogen-bond acceptors (Lipinski definition) is 6. The molecule has 10 heteroatoms. The fourth-order valence-electron chi connectivity index (χ4n) is 4.69. The summed E-state index contributed by atoms with van der Waals surface area (Å²) in [6.45, 7) is 8.20. The topological polar surface area (TPSA) is 112 Å². The van der Waals surface area contributed by atoms with Gasteiger partial charge in [0.05, 0.1) is 22.0 Å². The van der Waals surface area contributed by atoms with Gasteiger partial charge in [0, 0.05) is 25.2 Å². The van der Waals surface area contributed by atoms with Crippen molar-refractivity contribution < 1.29 is 23.9 Å². The Hall–Kier alpha value is -3.01. The number of carbonyl (C=O) groups is 3. The molecule has 1 saturated carbocycles. The number of aromatic hydroxyl groups is 1. The van der Waals surface area contributed by atoms with Crippen LogP contribution in [-0.2, 0) is 20.9 Å². The predicted molar refractivity (Wildman–Crippen MR) is 140 cm³/mol. The van der Waals surface area contributed by atoms with Gasteiger partial charge in [0.1, 0.15) is 11.8 Å². The van der Waals surface area contributed by atoms with Crippen molar-refractivity contribution in [3.05, 3.63) is 35.0 Å². The summed E-state index contributed by atoms with van der Waals surface area (Å²) >= 11 is 1.50. The molecule has 1 aromatic heterocycles. The van der Waals surface area contributed by atoms with Gasteiger partial charge in [-0.15, -0.1) is 11.3 Å². The Morgan fingerprint density at radius 3 is 2.59 bits per heavy atom. The van der Waals surface area contributed by atoms with E-state index < -0.39 is 29.0 Å². The molecular formula is C27H35FN4O4S. The maximum Gasteiger partial charge on any atom is 0.257 e. The van der Waals surface area contributed by atoms with E-state index in [0.29, 0.717) is 24.9 Å². The number of likely N-dealkylation sites (tertiary alicyclic amines) is 1. The summed E-state index contributed by atoms with van der Waals surface area (Å²) in [4.78, 5) is 45.6. The van der Waals surface area contributed by atoms with Crippen LogP contribution in [0.1, 0.15) is 57.7 Å². The lowest BCUT2D eigenvalue weighted by molar-refractivity contribution is -0.144. The molecule has 37 heavy (non-hydrogen) atoms. The van der Waals surface area contributed by atoms with Gasteiger partial charge in [0.25, 0.3) is 5.91 Å². The molecule has 3 amide bonds. The summed E-state index contributed by atoms with van der Waals surface area (Å²) in [5.41, 5.74) is 1.79. The number of alkyl halides is 1. The lowest BCUT2D eigenvalue weighted by Gasteiger charge is -2.35. The molecule has 3 N–H and O–H groups in total. The van der Waals surface area contributed by atoms with Gasteiger partial charge in [-0.25, -0.2) is 9.37 Å². The Bertz CT molecular complexity index is 1190. The number of aryl methyl sites for hydroxylation is 1. The zero-order chi connectivity index (χ0) is 27.0. The molecule has 4 rings (SSSR count). The first-order valence-electron chi connectivity index (χ1n) is 12.7. The number of amides is 3. The Kier molecular flexibility index (Phi) is 7.60. The second-order valence-electron chi connectivity index (χ2n) is 11.1. The first kappa shape index (κ1) is 27.0. The average molecular weight is 531 g/mol. The lowest BCUT2D eigenvalue weighted by Crippen LogP contribution is -2.52. The number of carbonyl (C=O) groups excluding carboxylic acids is 3. The van der Waals surface area contributed by atoms with E-state index in [4.69, 9.17) is 0 Å². The summed E-state index contributed by atoms with van der Waals surface area (Å²) in [5.74, 6) is -1.69. The number of hydrogen-bond donors (Lipinski definition) is 3. The Balaban J connectivity index is 1.39. The van der Waals surface area contributed by atoms with Crippen LogP contribution in [0.2, 0.25) is 0 Å². The van der Waals surface area contributed by atoms with Crippen molar-refractivity contribution in [3.8, 4) is 16.2 Å². The minimum absolute atomic E-state index is 0.0249. The molecule has 1 aromatic carbocycles. The molecular weight excluding hydrogens is 495 g/mol. The summed E-state index contributed by atoms with van der Waals surface area (Å²) in [6.07, 6.45) is 1.65. The molecule has 1 aliphatic heterocycles. The van der Waals surface area contributed by atoms with Gasteiger partial charge in [-0.1, -0.05) is 32.9 Å². The van der Waals surface area contributed by atoms with E-state index in [-0.39, 0.29) is 43.5 Å². The summed E-state index contributed by atoms with van der Waals surface area (Å²) in [7, 11) is 0. The van der Waals surface area contributed by atoms with Crippen molar-refractivity contribution in [3.63, 3.8) is 0 Å². The molecule has 0 unspecified atom stereocenters. The average Bonchev–Trinajstić information content (AvgIpc) is 3.21. The number of nitrogens with one attached hydrogen (secondary N) is 2. The normalized spacial score (nSPS) is 19.4. The van der Waals surface area contributed by atoms with Crippen LogP contribution in [0.4, 0.5) is 4.39 Å². The van der Waals surface area contributed by atoms with Crippen LogP contribution in [0, 0.1) is 18.3 Å². The van der Waals surface area contributed by atoms with Crippen molar-refractivity contribution in [1.29, 1.82) is 0 Å². The van der Waals surface area contributed by atoms with E-state index >= 15 is 0 Å². The Labute approximate surface area is 220 Å². The van der Waals surface area contributed by atoms with Crippen LogP contribution in [0.25, 0.3) is 10.4 Å². The first-order chi connectivity index (χ1) is 17.4. The minimum atomic E-state index is -1.80. The molecule has 1 aliphatic carbocycles. The number of nitrogens with zero attached hydrogens (tertiary/aromatic N) is 2. The monoisotopic (exact) mass is 530 g/mol. The van der Waals surface area contributed by atoms with Crippen molar-refractivity contribution in [1.82, 2.24) is 20.5 Å². The number of phenolic OH excluding ortho intramolecular Hbond substituents is 1. The number of aromatic nitrogens is 1. The van der Waals surface area contributed by atoms with Crippen molar-refractivity contribution >= 4 is 29.1 Å². The van der Waals surface area contributed by atoms with Crippen molar-refractivity contribution in [2.45, 2.75) is 71.6 Å². The highest BCUT2D eigenvalue weighted by atomic mass is 32.1. The smallest absolute Gasteiger partial charge is 0.257 e. The van der Waals surface area contributed by atoms with Gasteiger partial charge >= 0.3 is 0 Å². The van der Waals surface area contributed by atoms with Gasteiger partial charge in [0.2, 0.25) is 11.8 Å². The first-order valence-corrected chi connectivity index (χ1v) is 13.6. The standard InChI is InChI=1S/C27H35FN4O4S/c1-16-22(37-15-31-16)17-7-8-18(21(33)12-17)13-29-23(34)20-6-5-11-32(20)24(35)19(26(2,3)4)14-30-25(36)27(28)9-10-27/h7-8,12,15,19-20,33H,5-6,9-11,13-14H2,1-4H3,(H,29,34)(H,30,36)/t19-,20+/m1/s1. The van der Waals surface area contributed by atoms with Gasteiger partial charge in [-0.2, -0.15) is 0 Å². The number of halogens is 1. The zero-order valence-electron chi connectivity index (χ0n) is 21.8. The highest BCUT2D eigenvalue weighted by molar-refractivity contribution is 7.13. The number of rotatable bonds is 8. The fourth-order valence-corrected chi connectivity index (χ4v) is 5.49. The van der Waals surface area contributed by atoms with Crippen LogP contribution in [-0.4, -0.2) is 57.5 Å². The SMILES string of the molecule is Cc1ncsc1-c1ccc(CNC(=O)[C@@H]2CCCN2C(=O)[C@@H](CNC(=O)C2(F)CC2)C(C)(C)C)c(O)c1. The van der Waals surface area contributed by atoms with Gasteiger partial charge in [0.15, 0.2) is 5.67 Å². The van der Waals surface area contributed by atoms with E-state index in [1.165, 1.54) is 11.3 Å². The molecule has 0 radical (unpaired) electrons. The number of phenols is 1. The van der Waals surface area contributed by atoms with Crippen LogP contribution in [0.5, 0.6) is 5.75 Å². The summed E-state index contributed by atoms with van der Waals surface area (Å²) < 4.78 is 14.1. The second-order valence-corrected chi connectivity index (χ2v) is 12.0. The predicted octanol–water partition coefficient (Wildman–Crippen LogP) is 3.71. The van der Waals surface area contributed by atoms with E-state index in [2.05, 4.69) is 15.6 Å². The molecule has 1 saturated heterocycles. The molecule has 0 spiro atoms. The minimum Gasteiger partial charge on any atom is -0.508 e. The van der Waals surface area contributed by atoms with Gasteiger partial charge in [-0.3, -0.25) is 14.4 Å². The fraction of sp³-hybridized carbons (Fsp3) is 0.556. The molecule has 2 heterocycles. The van der Waals surface area contributed by atoms with Crippen LogP contribution < -0.4 is 10.6 Å². The molecule has 2 atom stereocenters. The highest BCUT2D eigenvalue weighted by Gasteiger charge is 2.51. The maximum absolute atomic E-state index is 14.1.